The summed E-state index contributed by atoms with van der Waals surface area (Å²) in [5.41, 5.74) is 4.92. The fraction of sp³-hybridized carbons (Fsp3) is 0.0769. The van der Waals surface area contributed by atoms with Gasteiger partial charge in [0.2, 0.25) is 0 Å². The predicted octanol–water partition coefficient (Wildman–Crippen LogP) is 7.15. The number of methoxy groups -OCH3 is 1. The molecule has 0 saturated carbocycles. The first-order chi connectivity index (χ1) is 18.7. The normalized spacial score (nSPS) is 13.8. The molecule has 198 valence electrons. The van der Waals surface area contributed by atoms with Crippen LogP contribution in [0.3, 0.4) is 0 Å². The van der Waals surface area contributed by atoms with Crippen LogP contribution in [0.2, 0.25) is 10.0 Å². The molecule has 3 aromatic carbocycles. The summed E-state index contributed by atoms with van der Waals surface area (Å²) in [6.07, 6.45) is 1.63. The standard InChI is InChI=1S/C26H17BrCl2N4O4S2/c1-36-21-9-16(8-18(27)23(21)37-13-15-4-2-14(12-30)3-5-15)10-22-24(34)33(26(38)39-22)32-25(35)31-17-6-7-19(28)20(29)11-17/h2-11H,13H2,1H3,(H2,31,32,35)/b22-10+. The lowest BCUT2D eigenvalue weighted by molar-refractivity contribution is -0.123. The van der Waals surface area contributed by atoms with Gasteiger partial charge in [0.05, 0.1) is 38.2 Å². The minimum atomic E-state index is -0.681. The summed E-state index contributed by atoms with van der Waals surface area (Å²) in [5, 5.41) is 13.1. The molecular formula is C26H17BrCl2N4O4S2. The van der Waals surface area contributed by atoms with Crippen LogP contribution in [-0.2, 0) is 11.4 Å². The molecule has 13 heteroatoms. The zero-order valence-electron chi connectivity index (χ0n) is 20.0. The number of rotatable bonds is 7. The molecule has 0 aliphatic carbocycles. The number of carbonyl (C=O) groups excluding carboxylic acids is 2. The zero-order chi connectivity index (χ0) is 28.1. The second-order valence-corrected chi connectivity index (χ2v) is 11.2. The highest BCUT2D eigenvalue weighted by Gasteiger charge is 2.33. The van der Waals surface area contributed by atoms with Gasteiger partial charge < -0.3 is 14.8 Å². The first-order valence-electron chi connectivity index (χ1n) is 11.0. The van der Waals surface area contributed by atoms with E-state index in [0.717, 1.165) is 22.3 Å². The van der Waals surface area contributed by atoms with Crippen LogP contribution < -0.4 is 20.2 Å². The lowest BCUT2D eigenvalue weighted by Gasteiger charge is -2.16. The third-order valence-electron chi connectivity index (χ3n) is 5.20. The molecule has 0 bridgehead atoms. The SMILES string of the molecule is COc1cc(/C=C2/SC(=S)N(NC(=O)Nc3ccc(Cl)c(Cl)c3)C2=O)cc(Br)c1OCc1ccc(C#N)cc1. The number of hydrogen-bond donors (Lipinski definition) is 2. The number of urea groups is 1. The van der Waals surface area contributed by atoms with Crippen LogP contribution in [0.4, 0.5) is 10.5 Å². The van der Waals surface area contributed by atoms with Gasteiger partial charge in [0, 0.05) is 5.69 Å². The molecule has 3 aromatic rings. The Balaban J connectivity index is 1.45. The number of hydrazine groups is 1. The number of benzene rings is 3. The van der Waals surface area contributed by atoms with E-state index >= 15 is 0 Å². The minimum absolute atomic E-state index is 0.156. The second kappa shape index (κ2) is 12.7. The highest BCUT2D eigenvalue weighted by Crippen LogP contribution is 2.39. The van der Waals surface area contributed by atoms with Crippen molar-refractivity contribution in [3.8, 4) is 17.6 Å². The topological polar surface area (TPSA) is 104 Å². The van der Waals surface area contributed by atoms with Crippen LogP contribution in [-0.4, -0.2) is 28.4 Å². The maximum atomic E-state index is 13.0. The predicted molar refractivity (Wildman–Crippen MR) is 160 cm³/mol. The molecule has 0 atom stereocenters. The molecule has 1 aliphatic rings. The molecule has 0 aromatic heterocycles. The number of halogens is 3. The average Bonchev–Trinajstić information content (AvgIpc) is 3.17. The van der Waals surface area contributed by atoms with Crippen molar-refractivity contribution in [2.24, 2.45) is 0 Å². The molecule has 8 nitrogen and oxygen atoms in total. The fourth-order valence-electron chi connectivity index (χ4n) is 3.34. The number of hydrogen-bond acceptors (Lipinski definition) is 7. The van der Waals surface area contributed by atoms with Gasteiger partial charge in [0.15, 0.2) is 15.8 Å². The highest BCUT2D eigenvalue weighted by molar-refractivity contribution is 9.10. The van der Waals surface area contributed by atoms with Crippen molar-refractivity contribution in [3.63, 3.8) is 0 Å². The van der Waals surface area contributed by atoms with E-state index in [1.165, 1.54) is 19.2 Å². The summed E-state index contributed by atoms with van der Waals surface area (Å²) in [7, 11) is 1.51. The van der Waals surface area contributed by atoms with Gasteiger partial charge in [-0.15, -0.1) is 0 Å². The maximum Gasteiger partial charge on any atom is 0.338 e. The lowest BCUT2D eigenvalue weighted by atomic mass is 10.1. The van der Waals surface area contributed by atoms with Crippen molar-refractivity contribution in [1.82, 2.24) is 10.4 Å². The number of nitrogens with zero attached hydrogens (tertiary/aromatic N) is 2. The monoisotopic (exact) mass is 662 g/mol. The number of nitrogens with one attached hydrogen (secondary N) is 2. The maximum absolute atomic E-state index is 13.0. The Kier molecular flexibility index (Phi) is 9.37. The molecule has 0 unspecified atom stereocenters. The molecule has 1 heterocycles. The van der Waals surface area contributed by atoms with E-state index in [-0.39, 0.29) is 16.0 Å². The molecule has 0 radical (unpaired) electrons. The number of ether oxygens (including phenoxy) is 2. The van der Waals surface area contributed by atoms with Crippen molar-refractivity contribution in [2.45, 2.75) is 6.61 Å². The van der Waals surface area contributed by atoms with Gasteiger partial charge in [-0.1, -0.05) is 47.1 Å². The van der Waals surface area contributed by atoms with Gasteiger partial charge in [-0.2, -0.15) is 10.3 Å². The number of thioether (sulfide) groups is 1. The number of carbonyl (C=O) groups is 2. The van der Waals surface area contributed by atoms with Crippen molar-refractivity contribution in [1.29, 1.82) is 5.26 Å². The van der Waals surface area contributed by atoms with E-state index in [2.05, 4.69) is 32.7 Å². The van der Waals surface area contributed by atoms with Crippen LogP contribution in [0.25, 0.3) is 6.08 Å². The highest BCUT2D eigenvalue weighted by atomic mass is 79.9. The number of thiocarbonyl (C=S) groups is 1. The van der Waals surface area contributed by atoms with E-state index in [9.17, 15) is 9.59 Å². The summed E-state index contributed by atoms with van der Waals surface area (Å²) < 4.78 is 12.2. The summed E-state index contributed by atoms with van der Waals surface area (Å²) in [6.45, 7) is 0.259. The Labute approximate surface area is 251 Å². The van der Waals surface area contributed by atoms with E-state index in [4.69, 9.17) is 50.2 Å². The van der Waals surface area contributed by atoms with E-state index in [1.54, 1.807) is 36.4 Å². The second-order valence-electron chi connectivity index (χ2n) is 7.84. The molecule has 39 heavy (non-hydrogen) atoms. The Morgan fingerprint density at radius 3 is 2.59 bits per heavy atom. The first kappa shape index (κ1) is 28.7. The van der Waals surface area contributed by atoms with Gasteiger partial charge in [-0.05, 0) is 87.8 Å². The quantitative estimate of drug-likeness (QED) is 0.204. The largest absolute Gasteiger partial charge is 0.493 e. The van der Waals surface area contributed by atoms with Crippen LogP contribution in [0.1, 0.15) is 16.7 Å². The van der Waals surface area contributed by atoms with E-state index < -0.39 is 11.9 Å². The van der Waals surface area contributed by atoms with Crippen molar-refractivity contribution >= 4 is 91.1 Å². The Bertz CT molecular complexity index is 1540. The summed E-state index contributed by atoms with van der Waals surface area (Å²) >= 11 is 21.7. The number of nitriles is 1. The molecule has 1 fully saturated rings. The molecular weight excluding hydrogens is 647 g/mol. The molecule has 4 rings (SSSR count). The van der Waals surface area contributed by atoms with Crippen LogP contribution in [0.5, 0.6) is 11.5 Å². The molecule has 0 spiro atoms. The van der Waals surface area contributed by atoms with E-state index in [0.29, 0.717) is 42.7 Å². The summed E-state index contributed by atoms with van der Waals surface area (Å²) in [6, 6.07) is 16.5. The Morgan fingerprint density at radius 2 is 1.92 bits per heavy atom. The smallest absolute Gasteiger partial charge is 0.338 e. The zero-order valence-corrected chi connectivity index (χ0v) is 24.7. The van der Waals surface area contributed by atoms with Crippen LogP contribution >= 0.6 is 63.1 Å². The summed E-state index contributed by atoms with van der Waals surface area (Å²) in [5.74, 6) is 0.427. The third kappa shape index (κ3) is 7.03. The lowest BCUT2D eigenvalue weighted by Crippen LogP contribution is -2.46. The Hall–Kier alpha value is -3.27. The molecule has 1 aliphatic heterocycles. The average molecular weight is 664 g/mol. The van der Waals surface area contributed by atoms with Crippen LogP contribution in [0.15, 0.2) is 64.0 Å². The fourth-order valence-corrected chi connectivity index (χ4v) is 5.40. The minimum Gasteiger partial charge on any atom is -0.493 e. The van der Waals surface area contributed by atoms with Crippen molar-refractivity contribution in [3.05, 3.63) is 90.7 Å². The molecule has 2 N–H and O–H groups in total. The van der Waals surface area contributed by atoms with Gasteiger partial charge >= 0.3 is 6.03 Å². The van der Waals surface area contributed by atoms with Crippen LogP contribution in [0, 0.1) is 11.3 Å². The van der Waals surface area contributed by atoms with Crippen molar-refractivity contribution < 1.29 is 19.1 Å². The Morgan fingerprint density at radius 1 is 1.18 bits per heavy atom. The van der Waals surface area contributed by atoms with Gasteiger partial charge in [0.25, 0.3) is 5.91 Å². The number of amides is 3. The van der Waals surface area contributed by atoms with Gasteiger partial charge in [-0.25, -0.2) is 10.2 Å². The number of anilines is 1. The van der Waals surface area contributed by atoms with Gasteiger partial charge in [-0.3, -0.25) is 4.79 Å². The molecule has 1 saturated heterocycles. The first-order valence-corrected chi connectivity index (χ1v) is 13.8. The van der Waals surface area contributed by atoms with E-state index in [1.807, 2.05) is 12.1 Å². The molecule has 3 amide bonds. The summed E-state index contributed by atoms with van der Waals surface area (Å²) in [4.78, 5) is 25.8. The third-order valence-corrected chi connectivity index (χ3v) is 7.83. The van der Waals surface area contributed by atoms with Crippen molar-refractivity contribution in [2.75, 3.05) is 12.4 Å². The van der Waals surface area contributed by atoms with Gasteiger partial charge in [0.1, 0.15) is 6.61 Å².